The second-order valence-corrected chi connectivity index (χ2v) is 5.67. The number of nitrogens with two attached hydrogens (primary N) is 1. The van der Waals surface area contributed by atoms with E-state index in [4.69, 9.17) is 20.5 Å². The van der Waals surface area contributed by atoms with Crippen molar-refractivity contribution in [3.05, 3.63) is 64.1 Å². The summed E-state index contributed by atoms with van der Waals surface area (Å²) in [4.78, 5) is 11.0. The van der Waals surface area contributed by atoms with Crippen LogP contribution in [0.3, 0.4) is 0 Å². The Morgan fingerprint density at radius 2 is 1.54 bits per heavy atom. The Kier molecular flexibility index (Phi) is 6.41. The summed E-state index contributed by atoms with van der Waals surface area (Å²) in [6.07, 6.45) is 1.43. The van der Waals surface area contributed by atoms with Gasteiger partial charge in [-0.1, -0.05) is 28.1 Å². The molecule has 0 heterocycles. The first kappa shape index (κ1) is 17.6. The highest BCUT2D eigenvalue weighted by atomic mass is 79.9. The molecule has 0 atom stereocenters. The number of hydrogen-bond donors (Lipinski definition) is 1. The Labute approximate surface area is 148 Å². The Bertz CT molecular complexity index is 762. The second-order valence-electron chi connectivity index (χ2n) is 4.75. The van der Waals surface area contributed by atoms with Gasteiger partial charge in [0.2, 0.25) is 0 Å². The molecule has 0 saturated heterocycles. The van der Waals surface area contributed by atoms with Crippen LogP contribution in [-0.4, -0.2) is 19.1 Å². The molecule has 6 heteroatoms. The zero-order chi connectivity index (χ0) is 17.4. The van der Waals surface area contributed by atoms with Crippen LogP contribution in [0.2, 0.25) is 0 Å². The molecule has 24 heavy (non-hydrogen) atoms. The van der Waals surface area contributed by atoms with Crippen molar-refractivity contribution in [3.8, 4) is 17.6 Å². The monoisotopic (exact) mass is 386 g/mol. The lowest BCUT2D eigenvalue weighted by Crippen LogP contribution is -2.12. The molecule has 0 fully saturated rings. The van der Waals surface area contributed by atoms with E-state index < -0.39 is 5.91 Å². The zero-order valence-electron chi connectivity index (χ0n) is 12.7. The highest BCUT2D eigenvalue weighted by Crippen LogP contribution is 2.17. The minimum absolute atomic E-state index is 0.0911. The maximum atomic E-state index is 11.0. The van der Waals surface area contributed by atoms with Crippen molar-refractivity contribution >= 4 is 27.9 Å². The third-order valence-electron chi connectivity index (χ3n) is 3.01. The lowest BCUT2D eigenvalue weighted by atomic mass is 10.1. The van der Waals surface area contributed by atoms with Crippen LogP contribution < -0.4 is 15.2 Å². The first-order valence-electron chi connectivity index (χ1n) is 7.11. The largest absolute Gasteiger partial charge is 0.490 e. The van der Waals surface area contributed by atoms with Gasteiger partial charge in [0.1, 0.15) is 36.4 Å². The van der Waals surface area contributed by atoms with E-state index in [0.717, 1.165) is 10.2 Å². The first-order valence-corrected chi connectivity index (χ1v) is 7.90. The standard InChI is InChI=1S/C18H15BrN2O3/c19-15-3-7-17(8-4-15)24-10-9-23-16-5-1-13(2-6-16)11-14(12-20)18(21)22/h1-8,11H,9-10H2,(H2,21,22). The predicted octanol–water partition coefficient (Wildman–Crippen LogP) is 3.30. The van der Waals surface area contributed by atoms with E-state index in [1.807, 2.05) is 24.3 Å². The summed E-state index contributed by atoms with van der Waals surface area (Å²) in [5.41, 5.74) is 5.70. The smallest absolute Gasteiger partial charge is 0.259 e. The summed E-state index contributed by atoms with van der Waals surface area (Å²) in [5.74, 6) is 0.699. The van der Waals surface area contributed by atoms with Crippen LogP contribution in [0, 0.1) is 11.3 Å². The molecule has 0 aliphatic heterocycles. The summed E-state index contributed by atoms with van der Waals surface area (Å²) in [7, 11) is 0. The normalized spacial score (nSPS) is 10.8. The average molecular weight is 387 g/mol. The molecule has 2 aromatic carbocycles. The summed E-state index contributed by atoms with van der Waals surface area (Å²) < 4.78 is 12.1. The van der Waals surface area contributed by atoms with E-state index in [0.29, 0.717) is 24.5 Å². The van der Waals surface area contributed by atoms with Crippen molar-refractivity contribution in [2.24, 2.45) is 5.73 Å². The Balaban J connectivity index is 1.83. The summed E-state index contributed by atoms with van der Waals surface area (Å²) in [5, 5.41) is 8.80. The fourth-order valence-corrected chi connectivity index (χ4v) is 2.10. The SMILES string of the molecule is N#CC(=Cc1ccc(OCCOc2ccc(Br)cc2)cc1)C(N)=O. The number of primary amides is 1. The van der Waals surface area contributed by atoms with Crippen LogP contribution in [0.4, 0.5) is 0 Å². The molecular formula is C18H15BrN2O3. The van der Waals surface area contributed by atoms with Gasteiger partial charge < -0.3 is 15.2 Å². The molecule has 0 aliphatic rings. The zero-order valence-corrected chi connectivity index (χ0v) is 14.3. The van der Waals surface area contributed by atoms with Crippen LogP contribution in [-0.2, 0) is 4.79 Å². The highest BCUT2D eigenvalue weighted by molar-refractivity contribution is 9.10. The molecule has 0 aliphatic carbocycles. The number of nitrogens with zero attached hydrogens (tertiary/aromatic N) is 1. The Hall–Kier alpha value is -2.78. The van der Waals surface area contributed by atoms with Crippen LogP contribution in [0.25, 0.3) is 6.08 Å². The van der Waals surface area contributed by atoms with Gasteiger partial charge in [-0.05, 0) is 48.0 Å². The van der Waals surface area contributed by atoms with E-state index in [2.05, 4.69) is 15.9 Å². The van der Waals surface area contributed by atoms with Crippen LogP contribution in [0.1, 0.15) is 5.56 Å². The lowest BCUT2D eigenvalue weighted by molar-refractivity contribution is -0.114. The minimum atomic E-state index is -0.747. The maximum absolute atomic E-state index is 11.0. The van der Waals surface area contributed by atoms with Crippen molar-refractivity contribution in [2.75, 3.05) is 13.2 Å². The van der Waals surface area contributed by atoms with Gasteiger partial charge in [-0.25, -0.2) is 0 Å². The number of carbonyl (C=O) groups is 1. The Morgan fingerprint density at radius 1 is 1.04 bits per heavy atom. The number of rotatable bonds is 7. The van der Waals surface area contributed by atoms with Gasteiger partial charge in [0.25, 0.3) is 5.91 Å². The number of nitriles is 1. The molecule has 122 valence electrons. The highest BCUT2D eigenvalue weighted by Gasteiger charge is 2.03. The van der Waals surface area contributed by atoms with Crippen molar-refractivity contribution < 1.29 is 14.3 Å². The molecule has 0 bridgehead atoms. The van der Waals surface area contributed by atoms with Gasteiger partial charge in [0, 0.05) is 4.47 Å². The Morgan fingerprint density at radius 3 is 2.00 bits per heavy atom. The number of carbonyl (C=O) groups excluding carboxylic acids is 1. The summed E-state index contributed by atoms with van der Waals surface area (Å²) in [6, 6.07) is 16.3. The van der Waals surface area contributed by atoms with Gasteiger partial charge >= 0.3 is 0 Å². The molecule has 0 saturated carbocycles. The second kappa shape index (κ2) is 8.75. The molecule has 0 spiro atoms. The number of halogens is 1. The fraction of sp³-hybridized carbons (Fsp3) is 0.111. The van der Waals surface area contributed by atoms with Gasteiger partial charge in [-0.15, -0.1) is 0 Å². The molecule has 2 rings (SSSR count). The van der Waals surface area contributed by atoms with Crippen molar-refractivity contribution in [1.29, 1.82) is 5.26 Å². The van der Waals surface area contributed by atoms with Crippen molar-refractivity contribution in [3.63, 3.8) is 0 Å². The van der Waals surface area contributed by atoms with Gasteiger partial charge in [0.05, 0.1) is 0 Å². The predicted molar refractivity (Wildman–Crippen MR) is 94.4 cm³/mol. The van der Waals surface area contributed by atoms with Crippen LogP contribution in [0.5, 0.6) is 11.5 Å². The third kappa shape index (κ3) is 5.45. The molecule has 2 N–H and O–H groups in total. The molecule has 0 aromatic heterocycles. The molecule has 1 amide bonds. The van der Waals surface area contributed by atoms with E-state index in [1.165, 1.54) is 6.08 Å². The number of ether oxygens (including phenoxy) is 2. The van der Waals surface area contributed by atoms with Gasteiger partial charge in [-0.2, -0.15) is 5.26 Å². The maximum Gasteiger partial charge on any atom is 0.259 e. The molecule has 0 unspecified atom stereocenters. The van der Waals surface area contributed by atoms with Crippen LogP contribution in [0.15, 0.2) is 58.6 Å². The first-order chi connectivity index (χ1) is 11.6. The quantitative estimate of drug-likeness (QED) is 0.449. The lowest BCUT2D eigenvalue weighted by Gasteiger charge is -2.08. The fourth-order valence-electron chi connectivity index (χ4n) is 1.84. The average Bonchev–Trinajstić information content (AvgIpc) is 2.59. The molecular weight excluding hydrogens is 372 g/mol. The minimum Gasteiger partial charge on any atom is -0.490 e. The molecule has 2 aromatic rings. The molecule has 5 nitrogen and oxygen atoms in total. The summed E-state index contributed by atoms with van der Waals surface area (Å²) in [6.45, 7) is 0.819. The van der Waals surface area contributed by atoms with Gasteiger partial charge in [-0.3, -0.25) is 4.79 Å². The van der Waals surface area contributed by atoms with E-state index >= 15 is 0 Å². The third-order valence-corrected chi connectivity index (χ3v) is 3.54. The molecule has 0 radical (unpaired) electrons. The van der Waals surface area contributed by atoms with Gasteiger partial charge in [0.15, 0.2) is 0 Å². The van der Waals surface area contributed by atoms with Crippen LogP contribution >= 0.6 is 15.9 Å². The number of hydrogen-bond acceptors (Lipinski definition) is 4. The number of benzene rings is 2. The van der Waals surface area contributed by atoms with Crippen molar-refractivity contribution in [1.82, 2.24) is 0 Å². The van der Waals surface area contributed by atoms with E-state index in [1.54, 1.807) is 30.3 Å². The topological polar surface area (TPSA) is 85.3 Å². The van der Waals surface area contributed by atoms with Crippen molar-refractivity contribution in [2.45, 2.75) is 0 Å². The number of amides is 1. The van der Waals surface area contributed by atoms with E-state index in [-0.39, 0.29) is 5.57 Å². The summed E-state index contributed by atoms with van der Waals surface area (Å²) >= 11 is 3.36. The van der Waals surface area contributed by atoms with E-state index in [9.17, 15) is 4.79 Å².